The lowest BCUT2D eigenvalue weighted by Gasteiger charge is -2.18. The molecule has 10 nitrogen and oxygen atoms in total. The van der Waals surface area contributed by atoms with Crippen LogP contribution in [-0.4, -0.2) is 57.3 Å². The molecule has 0 spiro atoms. The zero-order valence-electron chi connectivity index (χ0n) is 19.1. The van der Waals surface area contributed by atoms with Crippen LogP contribution in [0.25, 0.3) is 11.1 Å². The normalized spacial score (nSPS) is 10.8. The molecule has 0 atom stereocenters. The molecular formula is C23H24N2O8. The molecule has 174 valence electrons. The Hall–Kier alpha value is -4.21. The van der Waals surface area contributed by atoms with Crippen LogP contribution >= 0.6 is 0 Å². The first kappa shape index (κ1) is 25.1. The second kappa shape index (κ2) is 10.9. The van der Waals surface area contributed by atoms with Gasteiger partial charge in [0.05, 0.1) is 57.0 Å². The third-order valence-corrected chi connectivity index (χ3v) is 4.64. The standard InChI is InChI=1S/C23H24N2O8/c1-12-18(22(28)32-5)20(19(13(2)24-12)23(29)33-6)14-8-7-9-15(10-14)25-16(21(27)31-4)11-17(26)30-3/h7-11,25H,1-6H3/b16-11+. The van der Waals surface area contributed by atoms with Gasteiger partial charge in [-0.2, -0.15) is 0 Å². The summed E-state index contributed by atoms with van der Waals surface area (Å²) in [5.41, 5.74) is 1.81. The van der Waals surface area contributed by atoms with Crippen LogP contribution in [0.2, 0.25) is 0 Å². The van der Waals surface area contributed by atoms with Gasteiger partial charge in [-0.1, -0.05) is 12.1 Å². The number of hydrogen-bond donors (Lipinski definition) is 1. The van der Waals surface area contributed by atoms with E-state index in [1.807, 2.05) is 0 Å². The van der Waals surface area contributed by atoms with Crippen molar-refractivity contribution < 1.29 is 38.1 Å². The zero-order valence-corrected chi connectivity index (χ0v) is 19.1. The quantitative estimate of drug-likeness (QED) is 0.377. The van der Waals surface area contributed by atoms with Crippen molar-refractivity contribution in [2.45, 2.75) is 13.8 Å². The number of anilines is 1. The molecule has 1 heterocycles. The minimum atomic E-state index is -0.799. The molecule has 2 aromatic rings. The van der Waals surface area contributed by atoms with E-state index >= 15 is 0 Å². The van der Waals surface area contributed by atoms with Crippen molar-refractivity contribution in [3.05, 3.63) is 58.6 Å². The van der Waals surface area contributed by atoms with Gasteiger partial charge in [0.1, 0.15) is 5.70 Å². The number of nitrogens with one attached hydrogen (secondary N) is 1. The van der Waals surface area contributed by atoms with Crippen LogP contribution in [0.3, 0.4) is 0 Å². The van der Waals surface area contributed by atoms with Crippen LogP contribution in [0.1, 0.15) is 32.1 Å². The highest BCUT2D eigenvalue weighted by Crippen LogP contribution is 2.34. The number of methoxy groups -OCH3 is 4. The van der Waals surface area contributed by atoms with E-state index in [1.165, 1.54) is 28.4 Å². The maximum atomic E-state index is 12.6. The summed E-state index contributed by atoms with van der Waals surface area (Å²) in [5.74, 6) is -2.93. The maximum absolute atomic E-state index is 12.6. The monoisotopic (exact) mass is 456 g/mol. The van der Waals surface area contributed by atoms with E-state index in [-0.39, 0.29) is 22.4 Å². The molecule has 0 radical (unpaired) electrons. The predicted octanol–water partition coefficient (Wildman–Crippen LogP) is 2.58. The van der Waals surface area contributed by atoms with Gasteiger partial charge in [0.2, 0.25) is 0 Å². The molecule has 0 amide bonds. The largest absolute Gasteiger partial charge is 0.466 e. The SMILES string of the molecule is COC(=O)/C=C(/Nc1cccc(-c2c(C(=O)OC)c(C)nc(C)c2C(=O)OC)c1)C(=O)OC. The van der Waals surface area contributed by atoms with Gasteiger partial charge in [-0.25, -0.2) is 19.2 Å². The summed E-state index contributed by atoms with van der Waals surface area (Å²) in [4.78, 5) is 53.2. The summed E-state index contributed by atoms with van der Waals surface area (Å²) in [6, 6.07) is 6.51. The number of ether oxygens (including phenoxy) is 4. The minimum Gasteiger partial charge on any atom is -0.466 e. The number of aromatic nitrogens is 1. The summed E-state index contributed by atoms with van der Waals surface area (Å²) in [6.45, 7) is 3.25. The maximum Gasteiger partial charge on any atom is 0.354 e. The van der Waals surface area contributed by atoms with Crippen molar-refractivity contribution in [3.63, 3.8) is 0 Å². The smallest absolute Gasteiger partial charge is 0.354 e. The first-order valence-electron chi connectivity index (χ1n) is 9.61. The Morgan fingerprint density at radius 3 is 1.91 bits per heavy atom. The van der Waals surface area contributed by atoms with E-state index in [9.17, 15) is 19.2 Å². The Morgan fingerprint density at radius 1 is 0.848 bits per heavy atom. The van der Waals surface area contributed by atoms with Crippen molar-refractivity contribution in [1.29, 1.82) is 0 Å². The fraction of sp³-hybridized carbons (Fsp3) is 0.261. The van der Waals surface area contributed by atoms with Gasteiger partial charge in [-0.3, -0.25) is 4.98 Å². The van der Waals surface area contributed by atoms with Crippen molar-refractivity contribution >= 4 is 29.6 Å². The average molecular weight is 456 g/mol. The van der Waals surface area contributed by atoms with Crippen molar-refractivity contribution in [1.82, 2.24) is 4.98 Å². The second-order valence-corrected chi connectivity index (χ2v) is 6.67. The van der Waals surface area contributed by atoms with E-state index < -0.39 is 23.9 Å². The van der Waals surface area contributed by atoms with E-state index in [0.717, 1.165) is 6.08 Å². The number of esters is 4. The number of hydrogen-bond acceptors (Lipinski definition) is 10. The number of carbonyl (C=O) groups is 4. The summed E-state index contributed by atoms with van der Waals surface area (Å²) < 4.78 is 19.1. The van der Waals surface area contributed by atoms with E-state index in [1.54, 1.807) is 38.1 Å². The molecule has 0 fully saturated rings. The Kier molecular flexibility index (Phi) is 8.27. The van der Waals surface area contributed by atoms with Gasteiger partial charge in [0.25, 0.3) is 0 Å². The summed E-state index contributed by atoms with van der Waals surface area (Å²) in [7, 11) is 4.79. The number of aryl methyl sites for hydroxylation is 2. The fourth-order valence-corrected chi connectivity index (χ4v) is 3.18. The molecular weight excluding hydrogens is 432 g/mol. The van der Waals surface area contributed by atoms with Crippen molar-refractivity contribution in [2.24, 2.45) is 0 Å². The van der Waals surface area contributed by atoms with Crippen molar-refractivity contribution in [3.8, 4) is 11.1 Å². The van der Waals surface area contributed by atoms with Crippen LogP contribution in [0, 0.1) is 13.8 Å². The summed E-state index contributed by atoms with van der Waals surface area (Å²) in [5, 5.41) is 2.80. The Morgan fingerprint density at radius 2 is 1.42 bits per heavy atom. The molecule has 0 saturated carbocycles. The first-order chi connectivity index (χ1) is 15.7. The molecule has 10 heteroatoms. The predicted molar refractivity (Wildman–Crippen MR) is 118 cm³/mol. The van der Waals surface area contributed by atoms with Gasteiger partial charge in [0, 0.05) is 11.3 Å². The molecule has 1 aromatic carbocycles. The molecule has 33 heavy (non-hydrogen) atoms. The van der Waals surface area contributed by atoms with Gasteiger partial charge in [-0.05, 0) is 31.5 Å². The van der Waals surface area contributed by atoms with E-state index in [2.05, 4.69) is 15.0 Å². The number of nitrogens with zero attached hydrogens (tertiary/aromatic N) is 1. The van der Waals surface area contributed by atoms with E-state index in [4.69, 9.17) is 14.2 Å². The highest BCUT2D eigenvalue weighted by atomic mass is 16.5. The molecule has 1 aromatic heterocycles. The number of pyridine rings is 1. The van der Waals surface area contributed by atoms with Crippen molar-refractivity contribution in [2.75, 3.05) is 33.8 Å². The highest BCUT2D eigenvalue weighted by Gasteiger charge is 2.27. The van der Waals surface area contributed by atoms with Gasteiger partial charge >= 0.3 is 23.9 Å². The number of benzene rings is 1. The fourth-order valence-electron chi connectivity index (χ4n) is 3.18. The Labute approximate surface area is 190 Å². The second-order valence-electron chi connectivity index (χ2n) is 6.67. The third-order valence-electron chi connectivity index (χ3n) is 4.64. The lowest BCUT2D eigenvalue weighted by Crippen LogP contribution is -2.17. The van der Waals surface area contributed by atoms with Crippen LogP contribution < -0.4 is 5.32 Å². The molecule has 0 aliphatic rings. The molecule has 0 aliphatic carbocycles. The molecule has 0 bridgehead atoms. The highest BCUT2D eigenvalue weighted by molar-refractivity contribution is 6.07. The molecule has 0 aliphatic heterocycles. The number of rotatable bonds is 7. The first-order valence-corrected chi connectivity index (χ1v) is 9.61. The summed E-state index contributed by atoms with van der Waals surface area (Å²) in [6.07, 6.45) is 0.943. The molecule has 2 rings (SSSR count). The van der Waals surface area contributed by atoms with Crippen LogP contribution in [0.5, 0.6) is 0 Å². The zero-order chi connectivity index (χ0) is 24.7. The third kappa shape index (κ3) is 5.53. The van der Waals surface area contributed by atoms with Crippen LogP contribution in [0.4, 0.5) is 5.69 Å². The lowest BCUT2D eigenvalue weighted by molar-refractivity contribution is -0.138. The average Bonchev–Trinajstić information content (AvgIpc) is 2.81. The van der Waals surface area contributed by atoms with Gasteiger partial charge in [0.15, 0.2) is 0 Å². The van der Waals surface area contributed by atoms with Crippen LogP contribution in [-0.2, 0) is 28.5 Å². The molecule has 0 unspecified atom stereocenters. The molecule has 0 saturated heterocycles. The van der Waals surface area contributed by atoms with E-state index in [0.29, 0.717) is 22.6 Å². The van der Waals surface area contributed by atoms with Gasteiger partial charge in [-0.15, -0.1) is 0 Å². The lowest BCUT2D eigenvalue weighted by atomic mass is 9.92. The number of carbonyl (C=O) groups excluding carboxylic acids is 4. The summed E-state index contributed by atoms with van der Waals surface area (Å²) >= 11 is 0. The molecule has 1 N–H and O–H groups in total. The Bertz CT molecular complexity index is 1100. The topological polar surface area (TPSA) is 130 Å². The minimum absolute atomic E-state index is 0.0962. The Balaban J connectivity index is 2.74. The van der Waals surface area contributed by atoms with Crippen LogP contribution in [0.15, 0.2) is 36.0 Å². The van der Waals surface area contributed by atoms with Gasteiger partial charge < -0.3 is 24.3 Å².